The lowest BCUT2D eigenvalue weighted by atomic mass is 9.86. The van der Waals surface area contributed by atoms with Gasteiger partial charge >= 0.3 is 5.97 Å². The average molecular weight is 238 g/mol. The van der Waals surface area contributed by atoms with Gasteiger partial charge in [0.1, 0.15) is 0 Å². The number of aliphatic hydroxyl groups excluding tert-OH is 1. The van der Waals surface area contributed by atoms with Crippen LogP contribution in [0.1, 0.15) is 6.42 Å². The predicted molar refractivity (Wildman–Crippen MR) is 52.5 cm³/mol. The van der Waals surface area contributed by atoms with Gasteiger partial charge in [-0.25, -0.2) is 8.78 Å². The number of carbonyl (C=O) groups is 1. The third-order valence-corrected chi connectivity index (χ3v) is 2.79. The van der Waals surface area contributed by atoms with Crippen LogP contribution in [-0.4, -0.2) is 65.8 Å². The molecule has 0 saturated carbocycles. The van der Waals surface area contributed by atoms with Crippen molar-refractivity contribution in [3.8, 4) is 0 Å². The van der Waals surface area contributed by atoms with Gasteiger partial charge < -0.3 is 15.5 Å². The summed E-state index contributed by atoms with van der Waals surface area (Å²) in [6.45, 7) is 0.0426. The van der Waals surface area contributed by atoms with Crippen molar-refractivity contribution < 1.29 is 23.8 Å². The Bertz CT molecular complexity index is 247. The van der Waals surface area contributed by atoms with Gasteiger partial charge in [-0.15, -0.1) is 0 Å². The van der Waals surface area contributed by atoms with Crippen molar-refractivity contribution in [3.63, 3.8) is 0 Å². The number of hydrogen-bond donors (Lipinski definition) is 3. The summed E-state index contributed by atoms with van der Waals surface area (Å²) < 4.78 is 24.7. The van der Waals surface area contributed by atoms with E-state index in [9.17, 15) is 13.6 Å². The second-order valence-corrected chi connectivity index (χ2v) is 3.96. The Balaban J connectivity index is 2.67. The first-order chi connectivity index (χ1) is 7.50. The van der Waals surface area contributed by atoms with Crippen molar-refractivity contribution in [3.05, 3.63) is 0 Å². The van der Waals surface area contributed by atoms with Crippen molar-refractivity contribution in [2.24, 2.45) is 0 Å². The van der Waals surface area contributed by atoms with E-state index < -0.39 is 24.5 Å². The molecule has 1 aliphatic heterocycles. The van der Waals surface area contributed by atoms with Gasteiger partial charge in [-0.3, -0.25) is 9.69 Å². The van der Waals surface area contributed by atoms with Crippen LogP contribution in [0, 0.1) is 0 Å². The summed E-state index contributed by atoms with van der Waals surface area (Å²) >= 11 is 0. The van der Waals surface area contributed by atoms with E-state index in [-0.39, 0.29) is 19.6 Å². The second kappa shape index (κ2) is 5.51. The summed E-state index contributed by atoms with van der Waals surface area (Å²) in [6, 6.07) is 0. The molecule has 0 aliphatic carbocycles. The Hall–Kier alpha value is -0.790. The van der Waals surface area contributed by atoms with Crippen LogP contribution in [0.15, 0.2) is 0 Å². The molecule has 1 saturated heterocycles. The molecular weight excluding hydrogens is 222 g/mol. The average Bonchev–Trinajstić information content (AvgIpc) is 2.09. The predicted octanol–water partition coefficient (Wildman–Crippen LogP) is -0.637. The quantitative estimate of drug-likeness (QED) is 0.550. The number of carboxylic acids is 1. The number of halogens is 2. The Morgan fingerprint density at radius 2 is 2.12 bits per heavy atom. The van der Waals surface area contributed by atoms with Gasteiger partial charge in [-0.1, -0.05) is 0 Å². The maximum Gasteiger partial charge on any atom is 0.305 e. The standard InChI is InChI=1S/C9H16F2N2O3/c10-7(11)4-13(1-2-14)9(3-8(15)16)5-12-6-9/h7,12,14H,1-6H2,(H,15,16). The largest absolute Gasteiger partial charge is 0.481 e. The SMILES string of the molecule is O=C(O)CC1(N(CCO)CC(F)F)CNC1. The molecule has 0 spiro atoms. The smallest absolute Gasteiger partial charge is 0.305 e. The van der Waals surface area contributed by atoms with E-state index >= 15 is 0 Å². The number of aliphatic carboxylic acids is 1. The van der Waals surface area contributed by atoms with Crippen LogP contribution in [-0.2, 0) is 4.79 Å². The Labute approximate surface area is 92.0 Å². The number of aliphatic hydroxyl groups is 1. The van der Waals surface area contributed by atoms with Gasteiger partial charge in [0.05, 0.1) is 25.1 Å². The molecule has 5 nitrogen and oxygen atoms in total. The minimum Gasteiger partial charge on any atom is -0.481 e. The van der Waals surface area contributed by atoms with Crippen LogP contribution in [0.4, 0.5) is 8.78 Å². The Kier molecular flexibility index (Phi) is 4.57. The number of rotatable bonds is 7. The first-order valence-electron chi connectivity index (χ1n) is 5.07. The van der Waals surface area contributed by atoms with Crippen molar-refractivity contribution in [1.82, 2.24) is 10.2 Å². The monoisotopic (exact) mass is 238 g/mol. The normalized spacial score (nSPS) is 18.8. The number of carboxylic acid groups (broad SMARTS) is 1. The van der Waals surface area contributed by atoms with E-state index in [2.05, 4.69) is 5.32 Å². The molecule has 0 unspecified atom stereocenters. The molecule has 0 aromatic heterocycles. The van der Waals surface area contributed by atoms with Crippen LogP contribution < -0.4 is 5.32 Å². The van der Waals surface area contributed by atoms with Gasteiger partial charge in [0, 0.05) is 19.6 Å². The lowest BCUT2D eigenvalue weighted by Gasteiger charge is -2.49. The van der Waals surface area contributed by atoms with Gasteiger partial charge in [0.15, 0.2) is 0 Å². The highest BCUT2D eigenvalue weighted by Gasteiger charge is 2.44. The topological polar surface area (TPSA) is 72.8 Å². The number of hydrogen-bond acceptors (Lipinski definition) is 4. The minimum atomic E-state index is -2.53. The molecule has 0 aromatic rings. The molecule has 1 heterocycles. The molecule has 0 atom stereocenters. The van der Waals surface area contributed by atoms with Crippen LogP contribution in [0.25, 0.3) is 0 Å². The van der Waals surface area contributed by atoms with E-state index in [1.54, 1.807) is 0 Å². The zero-order valence-corrected chi connectivity index (χ0v) is 8.83. The van der Waals surface area contributed by atoms with Crippen molar-refractivity contribution >= 4 is 5.97 Å². The lowest BCUT2D eigenvalue weighted by molar-refractivity contribution is -0.142. The summed E-state index contributed by atoms with van der Waals surface area (Å²) in [5, 5.41) is 20.5. The Morgan fingerprint density at radius 1 is 1.50 bits per heavy atom. The van der Waals surface area contributed by atoms with Crippen LogP contribution in [0.2, 0.25) is 0 Å². The van der Waals surface area contributed by atoms with Crippen molar-refractivity contribution in [1.29, 1.82) is 0 Å². The van der Waals surface area contributed by atoms with Gasteiger partial charge in [0.2, 0.25) is 0 Å². The van der Waals surface area contributed by atoms with Gasteiger partial charge in [-0.05, 0) is 0 Å². The molecule has 0 aromatic carbocycles. The molecule has 1 fully saturated rings. The van der Waals surface area contributed by atoms with Crippen LogP contribution in [0.5, 0.6) is 0 Å². The number of β-amino-alcohol motifs (C(OH)–C–C–N with tert-alkyl or cyclic N) is 1. The van der Waals surface area contributed by atoms with Crippen LogP contribution in [0.3, 0.4) is 0 Å². The van der Waals surface area contributed by atoms with Crippen molar-refractivity contribution in [2.75, 3.05) is 32.8 Å². The maximum absolute atomic E-state index is 12.3. The molecule has 16 heavy (non-hydrogen) atoms. The third-order valence-electron chi connectivity index (χ3n) is 2.79. The van der Waals surface area contributed by atoms with E-state index in [4.69, 9.17) is 10.2 Å². The first kappa shape index (κ1) is 13.3. The van der Waals surface area contributed by atoms with Gasteiger partial charge in [0.25, 0.3) is 6.43 Å². The molecule has 1 rings (SSSR count). The van der Waals surface area contributed by atoms with E-state index in [0.29, 0.717) is 13.1 Å². The highest BCUT2D eigenvalue weighted by Crippen LogP contribution is 2.25. The van der Waals surface area contributed by atoms with E-state index in [1.165, 1.54) is 4.90 Å². The van der Waals surface area contributed by atoms with Crippen LogP contribution >= 0.6 is 0 Å². The molecule has 0 bridgehead atoms. The van der Waals surface area contributed by atoms with Crippen molar-refractivity contribution in [2.45, 2.75) is 18.4 Å². The molecule has 3 N–H and O–H groups in total. The fraction of sp³-hybridized carbons (Fsp3) is 0.889. The summed E-state index contributed by atoms with van der Waals surface area (Å²) in [5.74, 6) is -1.02. The summed E-state index contributed by atoms with van der Waals surface area (Å²) in [7, 11) is 0. The van der Waals surface area contributed by atoms with E-state index in [0.717, 1.165) is 0 Å². The maximum atomic E-state index is 12.3. The number of alkyl halides is 2. The molecule has 94 valence electrons. The molecular formula is C9H16F2N2O3. The highest BCUT2D eigenvalue weighted by molar-refractivity contribution is 5.68. The lowest BCUT2D eigenvalue weighted by Crippen LogP contribution is -2.70. The van der Waals surface area contributed by atoms with Gasteiger partial charge in [-0.2, -0.15) is 0 Å². The summed E-state index contributed by atoms with van der Waals surface area (Å²) in [5.41, 5.74) is -0.773. The molecule has 0 radical (unpaired) electrons. The molecule has 7 heteroatoms. The van der Waals surface area contributed by atoms with E-state index in [1.807, 2.05) is 0 Å². The zero-order chi connectivity index (χ0) is 12.2. The minimum absolute atomic E-state index is 0.0687. The molecule has 0 amide bonds. The fourth-order valence-corrected chi connectivity index (χ4v) is 1.96. The Morgan fingerprint density at radius 3 is 2.44 bits per heavy atom. The second-order valence-electron chi connectivity index (χ2n) is 3.96. The zero-order valence-electron chi connectivity index (χ0n) is 8.83. The number of nitrogens with zero attached hydrogens (tertiary/aromatic N) is 1. The first-order valence-corrected chi connectivity index (χ1v) is 5.07. The summed E-state index contributed by atoms with van der Waals surface area (Å²) in [4.78, 5) is 12.1. The fourth-order valence-electron chi connectivity index (χ4n) is 1.96. The highest BCUT2D eigenvalue weighted by atomic mass is 19.3. The summed E-state index contributed by atoms with van der Waals surface area (Å²) in [6.07, 6.45) is -2.72. The number of nitrogens with one attached hydrogen (secondary N) is 1. The molecule has 1 aliphatic rings. The third kappa shape index (κ3) is 3.10.